The lowest BCUT2D eigenvalue weighted by Gasteiger charge is -2.13. The maximum absolute atomic E-state index is 12.7. The average Bonchev–Trinajstić information content (AvgIpc) is 2.37. The van der Waals surface area contributed by atoms with Crippen LogP contribution in [0.4, 0.5) is 4.39 Å². The van der Waals surface area contributed by atoms with Gasteiger partial charge >= 0.3 is 0 Å². The van der Waals surface area contributed by atoms with Crippen LogP contribution in [0.25, 0.3) is 0 Å². The number of thioether (sulfide) groups is 1. The van der Waals surface area contributed by atoms with Crippen molar-refractivity contribution in [2.24, 2.45) is 0 Å². The summed E-state index contributed by atoms with van der Waals surface area (Å²) in [6.45, 7) is 5.49. The molecule has 1 aromatic rings. The number of hydrogen-bond donors (Lipinski definition) is 1. The SMILES string of the molecule is CCCCCC(C)NCCSc1ccc(F)cc1. The van der Waals surface area contributed by atoms with Crippen LogP contribution in [0, 0.1) is 5.82 Å². The second-order valence-electron chi connectivity index (χ2n) is 4.65. The normalized spacial score (nSPS) is 12.6. The molecular weight excluding hydrogens is 245 g/mol. The zero-order valence-corrected chi connectivity index (χ0v) is 12.2. The van der Waals surface area contributed by atoms with Gasteiger partial charge in [-0.1, -0.05) is 26.2 Å². The van der Waals surface area contributed by atoms with Crippen molar-refractivity contribution in [2.45, 2.75) is 50.5 Å². The summed E-state index contributed by atoms with van der Waals surface area (Å²) in [5, 5.41) is 3.53. The lowest BCUT2D eigenvalue weighted by Crippen LogP contribution is -2.28. The molecule has 0 bridgehead atoms. The minimum absolute atomic E-state index is 0.165. The average molecular weight is 269 g/mol. The van der Waals surface area contributed by atoms with Crippen molar-refractivity contribution >= 4 is 11.8 Å². The van der Waals surface area contributed by atoms with Crippen molar-refractivity contribution in [3.05, 3.63) is 30.1 Å². The summed E-state index contributed by atoms with van der Waals surface area (Å²) in [5.74, 6) is 0.867. The lowest BCUT2D eigenvalue weighted by atomic mass is 10.1. The number of rotatable bonds is 9. The molecule has 0 saturated carbocycles. The van der Waals surface area contributed by atoms with E-state index in [0.29, 0.717) is 6.04 Å². The summed E-state index contributed by atoms with van der Waals surface area (Å²) < 4.78 is 12.7. The molecule has 0 aliphatic heterocycles. The van der Waals surface area contributed by atoms with Crippen molar-refractivity contribution < 1.29 is 4.39 Å². The minimum Gasteiger partial charge on any atom is -0.313 e. The Morgan fingerprint density at radius 2 is 1.94 bits per heavy atom. The highest BCUT2D eigenvalue weighted by Crippen LogP contribution is 2.17. The Kier molecular flexibility index (Phi) is 8.10. The summed E-state index contributed by atoms with van der Waals surface area (Å²) in [4.78, 5) is 1.14. The van der Waals surface area contributed by atoms with E-state index in [2.05, 4.69) is 19.2 Å². The first kappa shape index (κ1) is 15.5. The molecule has 0 heterocycles. The molecule has 1 rings (SSSR count). The van der Waals surface area contributed by atoms with Gasteiger partial charge in [0.15, 0.2) is 0 Å². The van der Waals surface area contributed by atoms with Gasteiger partial charge in [-0.2, -0.15) is 0 Å². The van der Waals surface area contributed by atoms with Gasteiger partial charge in [-0.3, -0.25) is 0 Å². The predicted octanol–water partition coefficient (Wildman–Crippen LogP) is 4.48. The van der Waals surface area contributed by atoms with Crippen LogP contribution in [-0.2, 0) is 0 Å². The van der Waals surface area contributed by atoms with E-state index >= 15 is 0 Å². The quantitative estimate of drug-likeness (QED) is 0.524. The first-order valence-electron chi connectivity index (χ1n) is 6.84. The molecule has 0 saturated heterocycles. The molecule has 1 nitrogen and oxygen atoms in total. The number of benzene rings is 1. The second kappa shape index (κ2) is 9.40. The first-order valence-corrected chi connectivity index (χ1v) is 7.82. The zero-order valence-electron chi connectivity index (χ0n) is 11.4. The van der Waals surface area contributed by atoms with Crippen molar-refractivity contribution in [3.63, 3.8) is 0 Å². The third kappa shape index (κ3) is 7.02. The molecule has 0 aromatic heterocycles. The van der Waals surface area contributed by atoms with Crippen LogP contribution in [0.2, 0.25) is 0 Å². The maximum Gasteiger partial charge on any atom is 0.123 e. The van der Waals surface area contributed by atoms with Crippen molar-refractivity contribution in [1.29, 1.82) is 0 Å². The molecule has 0 fully saturated rings. The molecular formula is C15H24FNS. The summed E-state index contributed by atoms with van der Waals surface area (Å²) >= 11 is 1.77. The molecule has 1 aromatic carbocycles. The Bertz CT molecular complexity index is 313. The van der Waals surface area contributed by atoms with Gasteiger partial charge in [0, 0.05) is 23.2 Å². The minimum atomic E-state index is -0.165. The monoisotopic (exact) mass is 269 g/mol. The van der Waals surface area contributed by atoms with Crippen molar-refractivity contribution in [2.75, 3.05) is 12.3 Å². The summed E-state index contributed by atoms with van der Waals surface area (Å²) in [6.07, 6.45) is 5.19. The molecule has 0 amide bonds. The van der Waals surface area contributed by atoms with E-state index in [-0.39, 0.29) is 5.82 Å². The Balaban J connectivity index is 2.05. The van der Waals surface area contributed by atoms with Crippen LogP contribution in [0.3, 0.4) is 0 Å². The van der Waals surface area contributed by atoms with E-state index in [9.17, 15) is 4.39 Å². The Labute approximate surface area is 115 Å². The molecule has 1 atom stereocenters. The predicted molar refractivity (Wildman–Crippen MR) is 78.7 cm³/mol. The van der Waals surface area contributed by atoms with Gasteiger partial charge in [0.05, 0.1) is 0 Å². The third-order valence-electron chi connectivity index (χ3n) is 2.92. The first-order chi connectivity index (χ1) is 8.72. The van der Waals surface area contributed by atoms with Crippen LogP contribution in [0.15, 0.2) is 29.2 Å². The standard InChI is InChI=1S/C15H24FNS/c1-3-4-5-6-13(2)17-11-12-18-15-9-7-14(16)8-10-15/h7-10,13,17H,3-6,11-12H2,1-2H3. The molecule has 1 unspecified atom stereocenters. The van der Waals surface area contributed by atoms with E-state index in [1.807, 2.05) is 12.1 Å². The number of nitrogens with one attached hydrogen (secondary N) is 1. The molecule has 0 aliphatic carbocycles. The molecule has 1 N–H and O–H groups in total. The van der Waals surface area contributed by atoms with Gasteiger partial charge < -0.3 is 5.32 Å². The maximum atomic E-state index is 12.7. The lowest BCUT2D eigenvalue weighted by molar-refractivity contribution is 0.502. The number of halogens is 1. The highest BCUT2D eigenvalue weighted by Gasteiger charge is 2.00. The zero-order chi connectivity index (χ0) is 13.2. The van der Waals surface area contributed by atoms with Crippen molar-refractivity contribution in [1.82, 2.24) is 5.32 Å². The Morgan fingerprint density at radius 1 is 1.22 bits per heavy atom. The molecule has 102 valence electrons. The summed E-state index contributed by atoms with van der Waals surface area (Å²) in [5.41, 5.74) is 0. The third-order valence-corrected chi connectivity index (χ3v) is 3.93. The fourth-order valence-electron chi connectivity index (χ4n) is 1.81. The van der Waals surface area contributed by atoms with E-state index in [0.717, 1.165) is 17.2 Å². The Hall–Kier alpha value is -0.540. The summed E-state index contributed by atoms with van der Waals surface area (Å²) in [6, 6.07) is 7.31. The van der Waals surface area contributed by atoms with Crippen LogP contribution in [-0.4, -0.2) is 18.3 Å². The van der Waals surface area contributed by atoms with E-state index in [1.165, 1.54) is 37.8 Å². The largest absolute Gasteiger partial charge is 0.313 e. The van der Waals surface area contributed by atoms with Gasteiger partial charge in [-0.05, 0) is 37.6 Å². The van der Waals surface area contributed by atoms with Crippen LogP contribution >= 0.6 is 11.8 Å². The van der Waals surface area contributed by atoms with Gasteiger partial charge in [0.1, 0.15) is 5.82 Å². The van der Waals surface area contributed by atoms with E-state index in [4.69, 9.17) is 0 Å². The van der Waals surface area contributed by atoms with E-state index < -0.39 is 0 Å². The highest BCUT2D eigenvalue weighted by atomic mass is 32.2. The summed E-state index contributed by atoms with van der Waals surface area (Å²) in [7, 11) is 0. The van der Waals surface area contributed by atoms with Crippen LogP contribution in [0.1, 0.15) is 39.5 Å². The molecule has 0 radical (unpaired) electrons. The van der Waals surface area contributed by atoms with Crippen LogP contribution < -0.4 is 5.32 Å². The van der Waals surface area contributed by atoms with Gasteiger partial charge in [0.25, 0.3) is 0 Å². The number of unbranched alkanes of at least 4 members (excludes halogenated alkanes) is 2. The van der Waals surface area contributed by atoms with Crippen molar-refractivity contribution in [3.8, 4) is 0 Å². The number of hydrogen-bond acceptors (Lipinski definition) is 2. The smallest absolute Gasteiger partial charge is 0.123 e. The molecule has 0 aliphatic rings. The Morgan fingerprint density at radius 3 is 2.61 bits per heavy atom. The van der Waals surface area contributed by atoms with Gasteiger partial charge in [-0.15, -0.1) is 11.8 Å². The fourth-order valence-corrected chi connectivity index (χ4v) is 2.59. The molecule has 3 heteroatoms. The second-order valence-corrected chi connectivity index (χ2v) is 5.82. The molecule has 18 heavy (non-hydrogen) atoms. The van der Waals surface area contributed by atoms with E-state index in [1.54, 1.807) is 11.8 Å². The van der Waals surface area contributed by atoms with Gasteiger partial charge in [-0.25, -0.2) is 4.39 Å². The van der Waals surface area contributed by atoms with Gasteiger partial charge in [0.2, 0.25) is 0 Å². The fraction of sp³-hybridized carbons (Fsp3) is 0.600. The molecule has 0 spiro atoms. The topological polar surface area (TPSA) is 12.0 Å². The van der Waals surface area contributed by atoms with Crippen LogP contribution in [0.5, 0.6) is 0 Å². The highest BCUT2D eigenvalue weighted by molar-refractivity contribution is 7.99.